The minimum Gasteiger partial charge on any atom is -0.504 e. The number of benzene rings is 10. The first-order chi connectivity index (χ1) is 44.6. The lowest BCUT2D eigenvalue weighted by molar-refractivity contribution is -0.181. The largest absolute Gasteiger partial charge is 0.504 e. The Morgan fingerprint density at radius 1 is 0.426 bits per heavy atom. The van der Waals surface area contributed by atoms with Crippen LogP contribution in [0.1, 0.15) is 42.0 Å². The van der Waals surface area contributed by atoms with Crippen molar-refractivity contribution in [1.82, 2.24) is 0 Å². The molecule has 2 heterocycles. The van der Waals surface area contributed by atoms with E-state index in [4.69, 9.17) is 13.0 Å². The molecule has 0 saturated carbocycles. The molecule has 12 aromatic rings. The second kappa shape index (κ2) is 26.5. The van der Waals surface area contributed by atoms with Crippen LogP contribution in [-0.4, -0.2) is 51.5 Å². The molecule has 10 aromatic carbocycles. The number of rotatable bonds is 14. The Morgan fingerprint density at radius 3 is 1.14 bits per heavy atom. The van der Waals surface area contributed by atoms with Gasteiger partial charge in [-0.2, -0.15) is 51.1 Å². The lowest BCUT2D eigenvalue weighted by Crippen LogP contribution is -2.35. The average molecular weight is 1310 g/mol. The third-order valence-corrected chi connectivity index (χ3v) is 16.8. The van der Waals surface area contributed by atoms with Gasteiger partial charge in [-0.3, -0.25) is 0 Å². The number of aromatic hydroxyl groups is 1. The number of hydrogen-bond donors (Lipinski definition) is 1. The second-order valence-corrected chi connectivity index (χ2v) is 24.5. The van der Waals surface area contributed by atoms with Crippen molar-refractivity contribution >= 4 is 64.2 Å². The maximum atomic E-state index is 14.4. The van der Waals surface area contributed by atoms with E-state index in [0.717, 1.165) is 51.1 Å². The summed E-state index contributed by atoms with van der Waals surface area (Å²) in [6.45, 7) is 1.09. The predicted octanol–water partition coefficient (Wildman–Crippen LogP) is 19.0. The highest BCUT2D eigenvalue weighted by molar-refractivity contribution is 7.87. The van der Waals surface area contributed by atoms with Gasteiger partial charge in [-0.05, 0) is 177 Å². The van der Waals surface area contributed by atoms with Crippen molar-refractivity contribution in [1.29, 1.82) is 21.0 Å². The molecule has 0 aliphatic carbocycles. The topological polar surface area (TPSA) is 219 Å². The van der Waals surface area contributed by atoms with E-state index in [0.29, 0.717) is 77.6 Å². The van der Waals surface area contributed by atoms with E-state index in [9.17, 15) is 77.6 Å². The van der Waals surface area contributed by atoms with E-state index in [2.05, 4.69) is 30.3 Å². The summed E-state index contributed by atoms with van der Waals surface area (Å²) in [7, 11) is -10.4. The van der Waals surface area contributed by atoms with Gasteiger partial charge < -0.3 is 18.1 Å². The monoisotopic (exact) mass is 1310 g/mol. The van der Waals surface area contributed by atoms with Gasteiger partial charge in [0, 0.05) is 39.1 Å². The molecule has 0 spiro atoms. The Hall–Kier alpha value is -11.3. The molecular weight excluding hydrogens is 1260 g/mol. The molecular formula is C72H46F8N4O8S2. The van der Waals surface area contributed by atoms with Gasteiger partial charge in [0.05, 0.1) is 46.5 Å². The molecule has 22 heteroatoms. The lowest BCUT2D eigenvalue weighted by atomic mass is 9.92. The zero-order chi connectivity index (χ0) is 67.3. The molecule has 12 rings (SSSR count). The Kier molecular flexibility index (Phi) is 18.5. The number of nitrogens with zero attached hydrogens (tertiary/aromatic N) is 4. The van der Waals surface area contributed by atoms with Crippen LogP contribution < -0.4 is 4.18 Å². The lowest BCUT2D eigenvalue weighted by Gasteiger charge is -2.19. The fraction of sp³-hybridized carbons (Fsp3) is 0.111. The summed E-state index contributed by atoms with van der Waals surface area (Å²) in [6.07, 6.45) is -8.64. The SMILES string of the molecule is CCC(F)(F)CS(=O)(=O)F.N#Cc1ccc(-c2cc(-c3ccc(C#N)cc3)cc(-c3ccc4c(oc5ccccc54)c3O)c2)cc1.N#Cc1ccc(-c2cc(-c3ccc(C#N)cc3)cc(-c3ccc4c(oc5ccccc54)c3OS(=O)(=O)CC(F)(F)CC(F)(F)F)c2)cc1. The summed E-state index contributed by atoms with van der Waals surface area (Å²) >= 11 is 0. The maximum absolute atomic E-state index is 14.4. The Labute approximate surface area is 532 Å². The summed E-state index contributed by atoms with van der Waals surface area (Å²) < 4.78 is 166. The number of furan rings is 2. The molecule has 0 bridgehead atoms. The van der Waals surface area contributed by atoms with Crippen LogP contribution in [-0.2, 0) is 20.3 Å². The van der Waals surface area contributed by atoms with Crippen LogP contribution in [0.3, 0.4) is 0 Å². The van der Waals surface area contributed by atoms with Gasteiger partial charge in [-0.1, -0.05) is 91.9 Å². The fourth-order valence-electron chi connectivity index (χ4n) is 10.4. The molecule has 0 radical (unpaired) electrons. The van der Waals surface area contributed by atoms with Gasteiger partial charge in [-0.15, -0.1) is 3.89 Å². The molecule has 1 N–H and O–H groups in total. The van der Waals surface area contributed by atoms with E-state index >= 15 is 0 Å². The smallest absolute Gasteiger partial charge is 0.394 e. The summed E-state index contributed by atoms with van der Waals surface area (Å²) in [5, 5.41) is 51.0. The first-order valence-corrected chi connectivity index (χ1v) is 31.4. The normalized spacial score (nSPS) is 11.8. The molecule has 12 nitrogen and oxygen atoms in total. The van der Waals surface area contributed by atoms with Crippen LogP contribution in [0.25, 0.3) is 111 Å². The quantitative estimate of drug-likeness (QED) is 0.0610. The van der Waals surface area contributed by atoms with Crippen molar-refractivity contribution in [2.24, 2.45) is 0 Å². The number of halogens is 8. The molecule has 94 heavy (non-hydrogen) atoms. The summed E-state index contributed by atoms with van der Waals surface area (Å²) in [5.74, 6) is -12.4. The molecule has 0 atom stereocenters. The highest BCUT2D eigenvalue weighted by atomic mass is 32.3. The number of hydrogen-bond acceptors (Lipinski definition) is 12. The second-order valence-electron chi connectivity index (χ2n) is 21.5. The number of phenols is 1. The Bertz CT molecular complexity index is 5130. The Balaban J connectivity index is 0.000000184. The highest BCUT2D eigenvalue weighted by Crippen LogP contribution is 2.46. The van der Waals surface area contributed by atoms with Gasteiger partial charge in [0.1, 0.15) is 23.3 Å². The molecule has 2 aromatic heterocycles. The number of nitriles is 4. The molecule has 470 valence electrons. The van der Waals surface area contributed by atoms with Crippen LogP contribution in [0.15, 0.2) is 215 Å². The van der Waals surface area contributed by atoms with E-state index in [1.807, 2.05) is 78.9 Å². The molecule has 0 aliphatic rings. The van der Waals surface area contributed by atoms with Crippen molar-refractivity contribution in [2.45, 2.75) is 37.8 Å². The molecule has 0 aliphatic heterocycles. The molecule has 0 saturated heterocycles. The van der Waals surface area contributed by atoms with Gasteiger partial charge >= 0.3 is 26.5 Å². The average Bonchev–Trinajstić information content (AvgIpc) is 1.52. The fourth-order valence-corrected chi connectivity index (χ4v) is 12.2. The zero-order valence-corrected chi connectivity index (χ0v) is 50.5. The third-order valence-electron chi connectivity index (χ3n) is 14.9. The van der Waals surface area contributed by atoms with Crippen LogP contribution in [0.5, 0.6) is 11.5 Å². The summed E-state index contributed by atoms with van der Waals surface area (Å²) in [4.78, 5) is 0. The first-order valence-electron chi connectivity index (χ1n) is 28.2. The Morgan fingerprint density at radius 2 is 0.777 bits per heavy atom. The summed E-state index contributed by atoms with van der Waals surface area (Å²) in [5.41, 5.74) is 11.7. The van der Waals surface area contributed by atoms with Crippen LogP contribution in [0, 0.1) is 45.3 Å². The highest BCUT2D eigenvalue weighted by Gasteiger charge is 2.47. The van der Waals surface area contributed by atoms with Crippen molar-refractivity contribution in [2.75, 3.05) is 11.5 Å². The van der Waals surface area contributed by atoms with Crippen molar-refractivity contribution in [3.05, 3.63) is 229 Å². The van der Waals surface area contributed by atoms with Gasteiger partial charge in [0.15, 0.2) is 28.4 Å². The maximum Gasteiger partial charge on any atom is 0.394 e. The first kappa shape index (κ1) is 65.6. The number of phenolic OH excluding ortho intramolecular Hbond substituents is 1. The number of alkyl halides is 7. The van der Waals surface area contributed by atoms with E-state index in [1.165, 1.54) is 6.07 Å². The van der Waals surface area contributed by atoms with Crippen molar-refractivity contribution < 1.29 is 69.6 Å². The zero-order valence-electron chi connectivity index (χ0n) is 48.9. The molecule has 0 fully saturated rings. The third kappa shape index (κ3) is 15.4. The minimum absolute atomic E-state index is 0.0893. The van der Waals surface area contributed by atoms with Crippen molar-refractivity contribution in [3.8, 4) is 103 Å². The number of fused-ring (bicyclic) bond motifs is 6. The van der Waals surface area contributed by atoms with Crippen LogP contribution >= 0.6 is 0 Å². The van der Waals surface area contributed by atoms with Gasteiger partial charge in [0.2, 0.25) is 0 Å². The predicted molar refractivity (Wildman–Crippen MR) is 341 cm³/mol. The van der Waals surface area contributed by atoms with Crippen LogP contribution in [0.4, 0.5) is 34.6 Å². The standard InChI is InChI=1S/C36H21F5N2O4S.C32H18N2O2.C4H7F3O2S/c37-35(38,20-36(39,40)41)21-48(44,45)47-34-29(13-14-31-30-3-1-2-4-32(30)46-33(31)34)28-16-26(24-9-5-22(18-42)6-10-24)15-27(17-28)25-11-7-23(19-43)8-12-25;33-18-20-5-9-22(10-6-20)24-15-25(23-11-7-21(19-34)8-12-23)17-26(16-24)27-13-14-29-28-3-1-2-4-30(28)36-32(29)31(27)35;1-2-4(5,6)3-10(7,8)9/h1-17H,20-21H2;1-17,35H;2-3H2,1H3. The van der Waals surface area contributed by atoms with E-state index in [1.54, 1.807) is 115 Å². The van der Waals surface area contributed by atoms with Crippen LogP contribution in [0.2, 0.25) is 0 Å². The minimum atomic E-state index is -5.34. The van der Waals surface area contributed by atoms with Gasteiger partial charge in [0.25, 0.3) is 11.8 Å². The van der Waals surface area contributed by atoms with Crippen molar-refractivity contribution in [3.63, 3.8) is 0 Å². The molecule has 0 amide bonds. The summed E-state index contributed by atoms with van der Waals surface area (Å²) in [6, 6.07) is 69.4. The van der Waals surface area contributed by atoms with E-state index in [-0.39, 0.29) is 16.9 Å². The van der Waals surface area contributed by atoms with Gasteiger partial charge in [-0.25, -0.2) is 17.6 Å². The number of para-hydroxylation sites is 2. The van der Waals surface area contributed by atoms with E-state index < -0.39 is 68.5 Å². The molecule has 0 unspecified atom stereocenters.